The SMILES string of the molecule is COc1cc(N)c(Cl)cc1C(=O)OCCN1CCC(NC(=O)CCCCCC(=O)NC2CCN(CCOC(=O)c3cc(Cl)c(N)cc3OC)CC2)CC1. The molecule has 2 aliphatic rings. The van der Waals surface area contributed by atoms with Crippen LogP contribution in [0, 0.1) is 0 Å². The van der Waals surface area contributed by atoms with Gasteiger partial charge in [0.1, 0.15) is 35.8 Å². The fourth-order valence-corrected chi connectivity index (χ4v) is 6.76. The third-order valence-corrected chi connectivity index (χ3v) is 10.2. The van der Waals surface area contributed by atoms with E-state index >= 15 is 0 Å². The number of esters is 2. The number of anilines is 2. The number of likely N-dealkylation sites (tertiary alicyclic amines) is 2. The Labute approximate surface area is 321 Å². The lowest BCUT2D eigenvalue weighted by atomic mass is 10.0. The second-order valence-corrected chi connectivity index (χ2v) is 14.2. The van der Waals surface area contributed by atoms with Gasteiger partial charge in [-0.2, -0.15) is 0 Å². The van der Waals surface area contributed by atoms with E-state index in [0.29, 0.717) is 48.8 Å². The van der Waals surface area contributed by atoms with Crippen molar-refractivity contribution in [1.82, 2.24) is 20.4 Å². The monoisotopic (exact) mass is 778 g/mol. The van der Waals surface area contributed by atoms with Gasteiger partial charge in [-0.05, 0) is 50.7 Å². The molecule has 16 heteroatoms. The lowest BCUT2D eigenvalue weighted by Crippen LogP contribution is -2.45. The van der Waals surface area contributed by atoms with Gasteiger partial charge < -0.3 is 41.0 Å². The predicted molar refractivity (Wildman–Crippen MR) is 204 cm³/mol. The first-order valence-corrected chi connectivity index (χ1v) is 18.9. The second-order valence-electron chi connectivity index (χ2n) is 13.3. The molecule has 2 saturated heterocycles. The highest BCUT2D eigenvalue weighted by Gasteiger charge is 2.24. The van der Waals surface area contributed by atoms with Crippen molar-refractivity contribution in [2.75, 3.05) is 78.2 Å². The van der Waals surface area contributed by atoms with E-state index < -0.39 is 11.9 Å². The maximum absolute atomic E-state index is 12.5. The van der Waals surface area contributed by atoms with Gasteiger partial charge in [0.25, 0.3) is 0 Å². The van der Waals surface area contributed by atoms with Crippen molar-refractivity contribution in [3.63, 3.8) is 0 Å². The molecule has 0 aromatic heterocycles. The molecule has 0 atom stereocenters. The van der Waals surface area contributed by atoms with Crippen LogP contribution in [-0.2, 0) is 19.1 Å². The van der Waals surface area contributed by atoms with E-state index in [0.717, 1.165) is 71.1 Å². The third-order valence-electron chi connectivity index (χ3n) is 9.57. The zero-order valence-electron chi connectivity index (χ0n) is 30.6. The molecule has 0 unspecified atom stereocenters. The largest absolute Gasteiger partial charge is 0.496 e. The summed E-state index contributed by atoms with van der Waals surface area (Å²) in [5.74, 6) is -0.358. The Morgan fingerprint density at radius 2 is 1.04 bits per heavy atom. The molecular weight excluding hydrogens is 727 g/mol. The van der Waals surface area contributed by atoms with Crippen LogP contribution < -0.4 is 31.6 Å². The molecule has 0 radical (unpaired) electrons. The van der Waals surface area contributed by atoms with E-state index in [1.165, 1.54) is 38.5 Å². The normalized spacial score (nSPS) is 15.8. The first kappa shape index (κ1) is 41.8. The summed E-state index contributed by atoms with van der Waals surface area (Å²) in [4.78, 5) is 54.6. The average Bonchev–Trinajstić information content (AvgIpc) is 3.14. The number of piperidine rings is 2. The molecule has 53 heavy (non-hydrogen) atoms. The molecule has 2 heterocycles. The minimum absolute atomic E-state index is 0.0360. The van der Waals surface area contributed by atoms with Crippen molar-refractivity contribution in [2.45, 2.75) is 69.9 Å². The second kappa shape index (κ2) is 21.0. The van der Waals surface area contributed by atoms with Gasteiger partial charge in [-0.3, -0.25) is 19.4 Å². The van der Waals surface area contributed by atoms with Gasteiger partial charge in [0.15, 0.2) is 0 Å². The number of rotatable bonds is 18. The Balaban J connectivity index is 0.992. The van der Waals surface area contributed by atoms with E-state index in [-0.39, 0.29) is 58.3 Å². The van der Waals surface area contributed by atoms with Crippen molar-refractivity contribution in [3.8, 4) is 11.5 Å². The third kappa shape index (κ3) is 13.1. The van der Waals surface area contributed by atoms with Crippen LogP contribution in [0.3, 0.4) is 0 Å². The van der Waals surface area contributed by atoms with Crippen LogP contribution >= 0.6 is 23.2 Å². The van der Waals surface area contributed by atoms with E-state index in [4.69, 9.17) is 53.6 Å². The average molecular weight is 780 g/mol. The molecule has 0 spiro atoms. The molecule has 6 N–H and O–H groups in total. The maximum Gasteiger partial charge on any atom is 0.342 e. The van der Waals surface area contributed by atoms with Gasteiger partial charge >= 0.3 is 11.9 Å². The number of carbonyl (C=O) groups excluding carboxylic acids is 4. The standard InChI is InChI=1S/C37H52Cl2N6O8/c1-50-32-22-30(40)28(38)20-26(32)36(48)52-18-16-44-12-8-24(9-13-44)42-34(46)6-4-3-5-7-35(47)43-25-10-14-45(15-11-25)17-19-53-37(49)27-21-29(39)31(41)23-33(27)51-2/h20-25H,3-19,40-41H2,1-2H3,(H,42,46)(H,43,47). The number of carbonyl (C=O) groups is 4. The van der Waals surface area contributed by atoms with Crippen LogP contribution in [-0.4, -0.2) is 112 Å². The van der Waals surface area contributed by atoms with Crippen LogP contribution in [0.15, 0.2) is 24.3 Å². The van der Waals surface area contributed by atoms with Crippen molar-refractivity contribution in [1.29, 1.82) is 0 Å². The topological polar surface area (TPSA) is 188 Å². The molecular formula is C37H52Cl2N6O8. The maximum atomic E-state index is 12.5. The van der Waals surface area contributed by atoms with Crippen LogP contribution in [0.25, 0.3) is 0 Å². The molecule has 292 valence electrons. The number of nitrogens with two attached hydrogens (primary N) is 2. The minimum atomic E-state index is -0.525. The zero-order chi connectivity index (χ0) is 38.3. The van der Waals surface area contributed by atoms with Crippen molar-refractivity contribution >= 4 is 58.3 Å². The first-order valence-electron chi connectivity index (χ1n) is 18.1. The summed E-state index contributed by atoms with van der Waals surface area (Å²) >= 11 is 12.1. The summed E-state index contributed by atoms with van der Waals surface area (Å²) in [7, 11) is 2.90. The van der Waals surface area contributed by atoms with Gasteiger partial charge in [-0.1, -0.05) is 29.6 Å². The summed E-state index contributed by atoms with van der Waals surface area (Å²) in [6.45, 7) is 4.78. The Bertz CT molecular complexity index is 1450. The van der Waals surface area contributed by atoms with E-state index in [9.17, 15) is 19.2 Å². The number of hydrogen-bond acceptors (Lipinski definition) is 12. The summed E-state index contributed by atoms with van der Waals surface area (Å²) in [6.07, 6.45) is 6.43. The molecule has 14 nitrogen and oxygen atoms in total. The zero-order valence-corrected chi connectivity index (χ0v) is 32.1. The Hall–Kier alpha value is -3.98. The van der Waals surface area contributed by atoms with Crippen LogP contribution in [0.5, 0.6) is 11.5 Å². The molecule has 0 saturated carbocycles. The van der Waals surface area contributed by atoms with E-state index in [1.54, 1.807) is 0 Å². The molecule has 2 amide bonds. The van der Waals surface area contributed by atoms with Crippen LogP contribution in [0.2, 0.25) is 10.0 Å². The number of halogens is 2. The van der Waals surface area contributed by atoms with Crippen molar-refractivity contribution < 1.29 is 38.1 Å². The molecule has 2 aromatic carbocycles. The fourth-order valence-electron chi connectivity index (χ4n) is 6.43. The Kier molecular flexibility index (Phi) is 16.6. The molecule has 4 rings (SSSR count). The number of nitrogens with zero attached hydrogens (tertiary/aromatic N) is 2. The van der Waals surface area contributed by atoms with Gasteiger partial charge in [-0.15, -0.1) is 0 Å². The number of methoxy groups -OCH3 is 2. The first-order chi connectivity index (χ1) is 25.5. The summed E-state index contributed by atoms with van der Waals surface area (Å²) in [5.41, 5.74) is 12.7. The lowest BCUT2D eigenvalue weighted by Gasteiger charge is -2.32. The van der Waals surface area contributed by atoms with Crippen molar-refractivity contribution in [2.24, 2.45) is 0 Å². The fraction of sp³-hybridized carbons (Fsp3) is 0.568. The predicted octanol–water partition coefficient (Wildman–Crippen LogP) is 4.30. The molecule has 0 aliphatic carbocycles. The van der Waals surface area contributed by atoms with Gasteiger partial charge in [-0.25, -0.2) is 9.59 Å². The number of amides is 2. The number of nitrogens with one attached hydrogen (secondary N) is 2. The Morgan fingerprint density at radius 1 is 0.660 bits per heavy atom. The lowest BCUT2D eigenvalue weighted by molar-refractivity contribution is -0.122. The van der Waals surface area contributed by atoms with Gasteiger partial charge in [0, 0.05) is 76.3 Å². The number of benzene rings is 2. The Morgan fingerprint density at radius 3 is 1.40 bits per heavy atom. The number of hydrogen-bond donors (Lipinski definition) is 4. The van der Waals surface area contributed by atoms with Crippen LogP contribution in [0.4, 0.5) is 11.4 Å². The smallest absolute Gasteiger partial charge is 0.342 e. The molecule has 2 aromatic rings. The number of ether oxygens (including phenoxy) is 4. The quantitative estimate of drug-likeness (QED) is 0.0957. The highest BCUT2D eigenvalue weighted by atomic mass is 35.5. The minimum Gasteiger partial charge on any atom is -0.496 e. The van der Waals surface area contributed by atoms with E-state index in [2.05, 4.69) is 20.4 Å². The summed E-state index contributed by atoms with van der Waals surface area (Å²) in [5, 5.41) is 6.80. The number of nitrogen functional groups attached to an aromatic ring is 2. The molecule has 2 aliphatic heterocycles. The van der Waals surface area contributed by atoms with E-state index in [1.807, 2.05) is 0 Å². The summed E-state index contributed by atoms with van der Waals surface area (Å²) in [6, 6.07) is 6.13. The molecule has 0 bridgehead atoms. The van der Waals surface area contributed by atoms with Gasteiger partial charge in [0.2, 0.25) is 11.8 Å². The van der Waals surface area contributed by atoms with Crippen molar-refractivity contribution in [3.05, 3.63) is 45.4 Å². The molecule has 2 fully saturated rings. The number of unbranched alkanes of at least 4 members (excludes halogenated alkanes) is 2. The highest BCUT2D eigenvalue weighted by molar-refractivity contribution is 6.34. The highest BCUT2D eigenvalue weighted by Crippen LogP contribution is 2.30. The van der Waals surface area contributed by atoms with Crippen LogP contribution in [0.1, 0.15) is 78.5 Å². The van der Waals surface area contributed by atoms with Gasteiger partial charge in [0.05, 0.1) is 35.6 Å². The summed E-state index contributed by atoms with van der Waals surface area (Å²) < 4.78 is 21.3.